The fraction of sp³-hybridized carbons (Fsp3) is 0.182. The number of rotatable bonds is 2. The van der Waals surface area contributed by atoms with Gasteiger partial charge in [0.05, 0.1) is 16.4 Å². The highest BCUT2D eigenvalue weighted by atomic mass is 79.9. The molecule has 0 bridgehead atoms. The summed E-state index contributed by atoms with van der Waals surface area (Å²) in [4.78, 5) is 0. The first-order chi connectivity index (χ1) is 7.58. The van der Waals surface area contributed by atoms with Gasteiger partial charge in [-0.25, -0.2) is 4.68 Å². The van der Waals surface area contributed by atoms with Crippen LogP contribution in [0.5, 0.6) is 0 Å². The molecule has 1 unspecified atom stereocenters. The summed E-state index contributed by atoms with van der Waals surface area (Å²) in [5.74, 6) is 0. The fourth-order valence-electron chi connectivity index (χ4n) is 1.47. The molecule has 1 heterocycles. The van der Waals surface area contributed by atoms with Crippen LogP contribution in [0.25, 0.3) is 5.69 Å². The molecule has 84 valence electrons. The number of nitrogens with zero attached hydrogens (tertiary/aromatic N) is 2. The van der Waals surface area contributed by atoms with E-state index >= 15 is 0 Å². The molecule has 0 spiro atoms. The van der Waals surface area contributed by atoms with Crippen molar-refractivity contribution in [2.24, 2.45) is 5.73 Å². The number of halogens is 2. The molecule has 0 aliphatic heterocycles. The van der Waals surface area contributed by atoms with E-state index in [0.29, 0.717) is 5.02 Å². The van der Waals surface area contributed by atoms with Gasteiger partial charge in [0.1, 0.15) is 0 Å². The Balaban J connectivity index is 2.42. The van der Waals surface area contributed by atoms with Crippen molar-refractivity contribution < 1.29 is 0 Å². The van der Waals surface area contributed by atoms with E-state index in [9.17, 15) is 0 Å². The minimum absolute atomic E-state index is 0.0640. The lowest BCUT2D eigenvalue weighted by Gasteiger charge is -2.09. The maximum absolute atomic E-state index is 6.15. The molecule has 2 aromatic rings. The molecule has 1 aromatic carbocycles. The summed E-state index contributed by atoms with van der Waals surface area (Å²) in [5, 5.41) is 4.85. The molecule has 0 aliphatic rings. The zero-order valence-electron chi connectivity index (χ0n) is 8.69. The molecule has 5 heteroatoms. The molecule has 2 rings (SSSR count). The summed E-state index contributed by atoms with van der Waals surface area (Å²) in [6.45, 7) is 1.91. The van der Waals surface area contributed by atoms with Crippen LogP contribution in [0.1, 0.15) is 18.5 Å². The summed E-state index contributed by atoms with van der Waals surface area (Å²) in [5.41, 5.74) is 7.65. The van der Waals surface area contributed by atoms with Crippen LogP contribution in [-0.2, 0) is 0 Å². The lowest BCUT2D eigenvalue weighted by molar-refractivity contribution is 0.814. The van der Waals surface area contributed by atoms with Crippen molar-refractivity contribution >= 4 is 27.5 Å². The van der Waals surface area contributed by atoms with Crippen molar-refractivity contribution in [3.8, 4) is 5.69 Å². The van der Waals surface area contributed by atoms with Gasteiger partial charge in [-0.05, 0) is 40.5 Å². The van der Waals surface area contributed by atoms with Gasteiger partial charge in [0.2, 0.25) is 0 Å². The summed E-state index contributed by atoms with van der Waals surface area (Å²) in [6, 6.07) is 5.67. The highest BCUT2D eigenvalue weighted by Gasteiger charge is 2.07. The maximum atomic E-state index is 6.15. The average molecular weight is 301 g/mol. The minimum Gasteiger partial charge on any atom is -0.324 e. The molecule has 0 radical (unpaired) electrons. The molecule has 3 nitrogen and oxygen atoms in total. The Kier molecular flexibility index (Phi) is 3.33. The largest absolute Gasteiger partial charge is 0.324 e. The Hall–Kier alpha value is -0.840. The van der Waals surface area contributed by atoms with E-state index in [-0.39, 0.29) is 6.04 Å². The Labute approximate surface area is 107 Å². The lowest BCUT2D eigenvalue weighted by atomic mass is 10.1. The van der Waals surface area contributed by atoms with Crippen molar-refractivity contribution in [2.45, 2.75) is 13.0 Å². The molecule has 16 heavy (non-hydrogen) atoms. The summed E-state index contributed by atoms with van der Waals surface area (Å²) < 4.78 is 2.68. The zero-order valence-corrected chi connectivity index (χ0v) is 11.0. The number of benzene rings is 1. The minimum atomic E-state index is -0.0640. The Morgan fingerprint density at radius 3 is 2.75 bits per heavy atom. The quantitative estimate of drug-likeness (QED) is 0.924. The smallest absolute Gasteiger partial charge is 0.0661 e. The van der Waals surface area contributed by atoms with Crippen LogP contribution < -0.4 is 5.73 Å². The number of nitrogens with two attached hydrogens (primary N) is 1. The van der Waals surface area contributed by atoms with Gasteiger partial charge in [-0.15, -0.1) is 0 Å². The van der Waals surface area contributed by atoms with Gasteiger partial charge in [0.25, 0.3) is 0 Å². The Morgan fingerprint density at radius 2 is 2.25 bits per heavy atom. The monoisotopic (exact) mass is 299 g/mol. The van der Waals surface area contributed by atoms with E-state index in [2.05, 4.69) is 21.0 Å². The standard InChI is InChI=1S/C11H11BrClN3/c1-7(14)10-3-2-9(4-11(10)13)16-6-8(12)5-15-16/h2-7H,14H2,1H3. The van der Waals surface area contributed by atoms with Crippen LogP contribution >= 0.6 is 27.5 Å². The molecule has 0 fully saturated rings. The van der Waals surface area contributed by atoms with Crippen LogP contribution in [0.2, 0.25) is 5.02 Å². The first-order valence-electron chi connectivity index (χ1n) is 4.83. The highest BCUT2D eigenvalue weighted by Crippen LogP contribution is 2.24. The molecule has 0 amide bonds. The summed E-state index contributed by atoms with van der Waals surface area (Å²) >= 11 is 9.50. The maximum Gasteiger partial charge on any atom is 0.0661 e. The van der Waals surface area contributed by atoms with Crippen LogP contribution in [-0.4, -0.2) is 9.78 Å². The van der Waals surface area contributed by atoms with Crippen LogP contribution in [0.4, 0.5) is 0 Å². The molecule has 0 aliphatic carbocycles. The number of hydrogen-bond acceptors (Lipinski definition) is 2. The third-order valence-electron chi connectivity index (χ3n) is 2.29. The zero-order chi connectivity index (χ0) is 11.7. The third kappa shape index (κ3) is 2.29. The summed E-state index contributed by atoms with van der Waals surface area (Å²) in [6.07, 6.45) is 3.60. The van der Waals surface area contributed by atoms with E-state index in [4.69, 9.17) is 17.3 Å². The molecular formula is C11H11BrClN3. The van der Waals surface area contributed by atoms with E-state index < -0.39 is 0 Å². The molecular weight excluding hydrogens is 289 g/mol. The van der Waals surface area contributed by atoms with Gasteiger partial charge in [-0.1, -0.05) is 17.7 Å². The van der Waals surface area contributed by atoms with Gasteiger partial charge in [0.15, 0.2) is 0 Å². The molecule has 0 saturated carbocycles. The first-order valence-corrected chi connectivity index (χ1v) is 6.00. The molecule has 2 N–H and O–H groups in total. The van der Waals surface area contributed by atoms with E-state index in [1.165, 1.54) is 0 Å². The van der Waals surface area contributed by atoms with Crippen molar-refractivity contribution in [1.82, 2.24) is 9.78 Å². The molecule has 1 aromatic heterocycles. The second kappa shape index (κ2) is 4.57. The average Bonchev–Trinajstić information content (AvgIpc) is 2.64. The van der Waals surface area contributed by atoms with Crippen molar-refractivity contribution in [3.05, 3.63) is 45.7 Å². The van der Waals surface area contributed by atoms with Crippen LogP contribution in [0, 0.1) is 0 Å². The van der Waals surface area contributed by atoms with Crippen molar-refractivity contribution in [2.75, 3.05) is 0 Å². The van der Waals surface area contributed by atoms with Gasteiger partial charge in [-0.2, -0.15) is 5.10 Å². The van der Waals surface area contributed by atoms with Gasteiger partial charge >= 0.3 is 0 Å². The first kappa shape index (κ1) is 11.6. The lowest BCUT2D eigenvalue weighted by Crippen LogP contribution is -2.06. The van der Waals surface area contributed by atoms with E-state index in [1.807, 2.05) is 31.3 Å². The predicted molar refractivity (Wildman–Crippen MR) is 68.9 cm³/mol. The molecule has 1 atom stereocenters. The Bertz CT molecular complexity index is 508. The van der Waals surface area contributed by atoms with E-state index in [1.54, 1.807) is 10.9 Å². The van der Waals surface area contributed by atoms with Crippen molar-refractivity contribution in [3.63, 3.8) is 0 Å². The normalized spacial score (nSPS) is 12.8. The van der Waals surface area contributed by atoms with Gasteiger partial charge in [-0.3, -0.25) is 0 Å². The number of aromatic nitrogens is 2. The van der Waals surface area contributed by atoms with Gasteiger partial charge < -0.3 is 5.73 Å². The van der Waals surface area contributed by atoms with Crippen LogP contribution in [0.15, 0.2) is 35.1 Å². The predicted octanol–water partition coefficient (Wildman–Crippen LogP) is 3.31. The topological polar surface area (TPSA) is 43.8 Å². The van der Waals surface area contributed by atoms with E-state index in [0.717, 1.165) is 15.7 Å². The van der Waals surface area contributed by atoms with Crippen molar-refractivity contribution in [1.29, 1.82) is 0 Å². The third-order valence-corrected chi connectivity index (χ3v) is 3.03. The second-order valence-electron chi connectivity index (χ2n) is 3.60. The Morgan fingerprint density at radius 1 is 1.50 bits per heavy atom. The fourth-order valence-corrected chi connectivity index (χ4v) is 2.10. The van der Waals surface area contributed by atoms with Crippen LogP contribution in [0.3, 0.4) is 0 Å². The second-order valence-corrected chi connectivity index (χ2v) is 4.92. The number of hydrogen-bond donors (Lipinski definition) is 1. The molecule has 0 saturated heterocycles. The highest BCUT2D eigenvalue weighted by molar-refractivity contribution is 9.10. The van der Waals surface area contributed by atoms with Gasteiger partial charge in [0, 0.05) is 17.3 Å². The SMILES string of the molecule is CC(N)c1ccc(-n2cc(Br)cn2)cc1Cl. The summed E-state index contributed by atoms with van der Waals surface area (Å²) in [7, 11) is 0.